The summed E-state index contributed by atoms with van der Waals surface area (Å²) in [5, 5.41) is 8.71. The average Bonchev–Trinajstić information content (AvgIpc) is 3.42. The maximum absolute atomic E-state index is 12.8. The van der Waals surface area contributed by atoms with Gasteiger partial charge in [-0.15, -0.1) is 21.5 Å². The Morgan fingerprint density at radius 3 is 2.43 bits per heavy atom. The SMILES string of the molecule is Cc1ccc(S(=O)(=O)N2CCN(c3ccc(-c4ccc5c(c4)OCO5)nn3)CC2)s1. The highest BCUT2D eigenvalue weighted by atomic mass is 32.2. The quantitative estimate of drug-likeness (QED) is 0.612. The first kappa shape index (κ1) is 19.3. The number of nitrogens with zero attached hydrogens (tertiary/aromatic N) is 4. The molecule has 10 heteroatoms. The molecule has 1 fully saturated rings. The van der Waals surface area contributed by atoms with E-state index in [0.29, 0.717) is 36.1 Å². The van der Waals surface area contributed by atoms with E-state index in [1.165, 1.54) is 11.3 Å². The van der Waals surface area contributed by atoms with Crippen molar-refractivity contribution in [2.45, 2.75) is 11.1 Å². The van der Waals surface area contributed by atoms with E-state index in [1.807, 2.05) is 43.3 Å². The Labute approximate surface area is 178 Å². The van der Waals surface area contributed by atoms with Crippen LogP contribution in [0.3, 0.4) is 0 Å². The second kappa shape index (κ2) is 7.53. The molecule has 0 unspecified atom stereocenters. The van der Waals surface area contributed by atoms with Crippen LogP contribution in [0.5, 0.6) is 11.5 Å². The molecule has 0 spiro atoms. The maximum Gasteiger partial charge on any atom is 0.252 e. The topological polar surface area (TPSA) is 84.9 Å². The number of hydrogen-bond donors (Lipinski definition) is 0. The summed E-state index contributed by atoms with van der Waals surface area (Å²) in [5.74, 6) is 2.18. The van der Waals surface area contributed by atoms with E-state index in [0.717, 1.165) is 27.7 Å². The lowest BCUT2D eigenvalue weighted by atomic mass is 10.1. The molecule has 30 heavy (non-hydrogen) atoms. The monoisotopic (exact) mass is 444 g/mol. The predicted octanol–water partition coefficient (Wildman–Crippen LogP) is 2.75. The first-order valence-electron chi connectivity index (χ1n) is 9.56. The number of hydrogen-bond acceptors (Lipinski definition) is 8. The van der Waals surface area contributed by atoms with Gasteiger partial charge in [0.15, 0.2) is 17.3 Å². The Bertz CT molecular complexity index is 1170. The summed E-state index contributed by atoms with van der Waals surface area (Å²) in [4.78, 5) is 3.05. The fourth-order valence-electron chi connectivity index (χ4n) is 3.54. The summed E-state index contributed by atoms with van der Waals surface area (Å²) in [6, 6.07) is 13.0. The van der Waals surface area contributed by atoms with Crippen molar-refractivity contribution in [3.8, 4) is 22.8 Å². The van der Waals surface area contributed by atoms with E-state index >= 15 is 0 Å². The molecule has 3 aromatic rings. The van der Waals surface area contributed by atoms with Crippen molar-refractivity contribution in [1.29, 1.82) is 0 Å². The van der Waals surface area contributed by atoms with Crippen molar-refractivity contribution in [2.75, 3.05) is 37.9 Å². The van der Waals surface area contributed by atoms with Crippen LogP contribution in [0, 0.1) is 6.92 Å². The van der Waals surface area contributed by atoms with Crippen LogP contribution < -0.4 is 14.4 Å². The zero-order valence-electron chi connectivity index (χ0n) is 16.3. The summed E-state index contributed by atoms with van der Waals surface area (Å²) in [7, 11) is -3.43. The highest BCUT2D eigenvalue weighted by molar-refractivity contribution is 7.91. The highest BCUT2D eigenvalue weighted by Crippen LogP contribution is 2.35. The van der Waals surface area contributed by atoms with E-state index in [1.54, 1.807) is 10.4 Å². The van der Waals surface area contributed by atoms with Crippen molar-refractivity contribution < 1.29 is 17.9 Å². The van der Waals surface area contributed by atoms with Crippen LogP contribution in [0.4, 0.5) is 5.82 Å². The van der Waals surface area contributed by atoms with Crippen LogP contribution in [0.15, 0.2) is 46.7 Å². The molecule has 0 saturated carbocycles. The van der Waals surface area contributed by atoms with Crippen molar-refractivity contribution >= 4 is 27.2 Å². The van der Waals surface area contributed by atoms with Gasteiger partial charge in [0, 0.05) is 36.6 Å². The van der Waals surface area contributed by atoms with Gasteiger partial charge in [0.2, 0.25) is 6.79 Å². The third-order valence-corrected chi connectivity index (χ3v) is 8.56. The van der Waals surface area contributed by atoms with Gasteiger partial charge in [-0.3, -0.25) is 0 Å². The van der Waals surface area contributed by atoms with Gasteiger partial charge in [-0.1, -0.05) is 0 Å². The van der Waals surface area contributed by atoms with Crippen molar-refractivity contribution in [3.05, 3.63) is 47.3 Å². The number of aryl methyl sites for hydroxylation is 1. The molecule has 5 rings (SSSR count). The van der Waals surface area contributed by atoms with Gasteiger partial charge < -0.3 is 14.4 Å². The number of anilines is 1. The smallest absolute Gasteiger partial charge is 0.252 e. The first-order valence-corrected chi connectivity index (χ1v) is 11.8. The van der Waals surface area contributed by atoms with Crippen LogP contribution in [0.2, 0.25) is 0 Å². The molecule has 0 amide bonds. The molecule has 4 heterocycles. The molecule has 2 aliphatic rings. The minimum atomic E-state index is -3.43. The molecule has 1 saturated heterocycles. The fraction of sp³-hybridized carbons (Fsp3) is 0.300. The zero-order valence-corrected chi connectivity index (χ0v) is 17.9. The number of benzene rings is 1. The van der Waals surface area contributed by atoms with Crippen LogP contribution in [-0.4, -0.2) is 55.9 Å². The Balaban J connectivity index is 1.26. The first-order chi connectivity index (χ1) is 14.5. The maximum atomic E-state index is 12.8. The lowest BCUT2D eigenvalue weighted by molar-refractivity contribution is 0.174. The summed E-state index contributed by atoms with van der Waals surface area (Å²) in [6.07, 6.45) is 0. The van der Waals surface area contributed by atoms with Crippen LogP contribution >= 0.6 is 11.3 Å². The number of ether oxygens (including phenoxy) is 2. The molecule has 2 aromatic heterocycles. The summed E-state index contributed by atoms with van der Waals surface area (Å²) in [5.41, 5.74) is 1.65. The molecule has 1 aromatic carbocycles. The number of sulfonamides is 1. The van der Waals surface area contributed by atoms with Crippen molar-refractivity contribution in [1.82, 2.24) is 14.5 Å². The van der Waals surface area contributed by atoms with E-state index in [9.17, 15) is 8.42 Å². The van der Waals surface area contributed by atoms with Crippen molar-refractivity contribution in [2.24, 2.45) is 0 Å². The van der Waals surface area contributed by atoms with Gasteiger partial charge >= 0.3 is 0 Å². The molecule has 0 radical (unpaired) electrons. The molecular formula is C20H20N4O4S2. The largest absolute Gasteiger partial charge is 0.454 e. The third kappa shape index (κ3) is 3.51. The molecule has 2 aliphatic heterocycles. The van der Waals surface area contributed by atoms with E-state index in [-0.39, 0.29) is 6.79 Å². The Morgan fingerprint density at radius 1 is 0.933 bits per heavy atom. The van der Waals surface area contributed by atoms with Gasteiger partial charge in [0.25, 0.3) is 10.0 Å². The van der Waals surface area contributed by atoms with Gasteiger partial charge in [0.05, 0.1) is 5.69 Å². The van der Waals surface area contributed by atoms with Gasteiger partial charge in [-0.2, -0.15) is 4.31 Å². The number of rotatable bonds is 4. The predicted molar refractivity (Wildman–Crippen MR) is 114 cm³/mol. The van der Waals surface area contributed by atoms with Gasteiger partial charge in [0.1, 0.15) is 4.21 Å². The van der Waals surface area contributed by atoms with E-state index < -0.39 is 10.0 Å². The second-order valence-corrected chi connectivity index (χ2v) is 10.6. The second-order valence-electron chi connectivity index (χ2n) is 7.10. The number of piperazine rings is 1. The molecule has 0 aliphatic carbocycles. The molecule has 0 bridgehead atoms. The molecule has 0 atom stereocenters. The number of aromatic nitrogens is 2. The van der Waals surface area contributed by atoms with Gasteiger partial charge in [-0.25, -0.2) is 8.42 Å². The Morgan fingerprint density at radius 2 is 1.73 bits per heavy atom. The van der Waals surface area contributed by atoms with Crippen LogP contribution in [-0.2, 0) is 10.0 Å². The average molecular weight is 445 g/mol. The minimum Gasteiger partial charge on any atom is -0.454 e. The third-order valence-electron chi connectivity index (χ3n) is 5.19. The molecule has 0 N–H and O–H groups in total. The van der Waals surface area contributed by atoms with E-state index in [2.05, 4.69) is 15.1 Å². The normalized spacial score (nSPS) is 16.8. The summed E-state index contributed by atoms with van der Waals surface area (Å²) >= 11 is 1.31. The molecule has 156 valence electrons. The lowest BCUT2D eigenvalue weighted by Crippen LogP contribution is -2.48. The number of fused-ring (bicyclic) bond motifs is 1. The summed E-state index contributed by atoms with van der Waals surface area (Å²) < 4.78 is 38.3. The van der Waals surface area contributed by atoms with Gasteiger partial charge in [-0.05, 0) is 49.4 Å². The summed E-state index contributed by atoms with van der Waals surface area (Å²) in [6.45, 7) is 4.13. The number of thiophene rings is 1. The Hall–Kier alpha value is -2.69. The van der Waals surface area contributed by atoms with Crippen LogP contribution in [0.1, 0.15) is 4.88 Å². The standard InChI is InChI=1S/C20H20N4O4S2/c1-14-2-7-20(29-14)30(25,26)24-10-8-23(9-11-24)19-6-4-16(21-22-19)15-3-5-17-18(12-15)28-13-27-17/h2-7,12H,8-11,13H2,1H3. The molecular weight excluding hydrogens is 424 g/mol. The van der Waals surface area contributed by atoms with Crippen molar-refractivity contribution in [3.63, 3.8) is 0 Å². The Kier molecular flexibility index (Phi) is 4.84. The molecule has 8 nitrogen and oxygen atoms in total. The lowest BCUT2D eigenvalue weighted by Gasteiger charge is -2.34. The van der Waals surface area contributed by atoms with Crippen LogP contribution in [0.25, 0.3) is 11.3 Å². The highest BCUT2D eigenvalue weighted by Gasteiger charge is 2.30. The fourth-order valence-corrected chi connectivity index (χ4v) is 6.40. The zero-order chi connectivity index (χ0) is 20.7. The minimum absolute atomic E-state index is 0.233. The van der Waals surface area contributed by atoms with E-state index in [4.69, 9.17) is 9.47 Å².